The van der Waals surface area contributed by atoms with E-state index in [1.807, 2.05) is 0 Å². The minimum Gasteiger partial charge on any atom is -0.484 e. The number of amides is 2. The fraction of sp³-hybridized carbons (Fsp3) is 0.417. The molecule has 1 fully saturated rings. The molecule has 0 aliphatic heterocycles. The predicted molar refractivity (Wildman–Crippen MR) is 128 cm³/mol. The van der Waals surface area contributed by atoms with Crippen molar-refractivity contribution in [3.05, 3.63) is 63.1 Å². The van der Waals surface area contributed by atoms with Gasteiger partial charge in [-0.05, 0) is 55.7 Å². The van der Waals surface area contributed by atoms with Crippen LogP contribution >= 0.6 is 34.8 Å². The van der Waals surface area contributed by atoms with E-state index in [1.54, 1.807) is 49.4 Å². The molecule has 172 valence electrons. The topological polar surface area (TPSA) is 58.6 Å². The summed E-state index contributed by atoms with van der Waals surface area (Å²) in [6, 6.07) is 11.5. The maximum Gasteiger partial charge on any atom is 0.261 e. The molecule has 0 bridgehead atoms. The van der Waals surface area contributed by atoms with Gasteiger partial charge in [0, 0.05) is 17.6 Å². The van der Waals surface area contributed by atoms with E-state index in [1.165, 1.54) is 11.3 Å². The van der Waals surface area contributed by atoms with Gasteiger partial charge in [0.05, 0.1) is 10.0 Å². The highest BCUT2D eigenvalue weighted by Gasteiger charge is 2.28. The molecule has 2 aromatic carbocycles. The summed E-state index contributed by atoms with van der Waals surface area (Å²) in [5.41, 5.74) is 0.771. The summed E-state index contributed by atoms with van der Waals surface area (Å²) < 4.78 is 5.64. The molecule has 0 heterocycles. The van der Waals surface area contributed by atoms with Crippen LogP contribution in [0.15, 0.2) is 42.5 Å². The molecule has 0 aromatic heterocycles. The van der Waals surface area contributed by atoms with E-state index in [9.17, 15) is 9.59 Å². The van der Waals surface area contributed by atoms with Crippen molar-refractivity contribution in [1.82, 2.24) is 10.2 Å². The maximum absolute atomic E-state index is 13.1. The molecule has 0 radical (unpaired) electrons. The molecule has 1 saturated carbocycles. The summed E-state index contributed by atoms with van der Waals surface area (Å²) in [4.78, 5) is 27.6. The van der Waals surface area contributed by atoms with Gasteiger partial charge in [0.1, 0.15) is 11.8 Å². The van der Waals surface area contributed by atoms with Crippen LogP contribution < -0.4 is 10.1 Å². The Hall–Kier alpha value is -1.95. The van der Waals surface area contributed by atoms with Crippen LogP contribution in [0.25, 0.3) is 0 Å². The SMILES string of the molecule is C[C@@H](C(=O)NC1CCCCC1)N(Cc1ccc(Cl)c(Cl)c1)C(=O)COc1cccc(Cl)c1. The number of ether oxygens (including phenoxy) is 1. The second-order valence-corrected chi connectivity index (χ2v) is 9.29. The summed E-state index contributed by atoms with van der Waals surface area (Å²) in [7, 11) is 0. The number of nitrogens with zero attached hydrogens (tertiary/aromatic N) is 1. The molecule has 0 unspecified atom stereocenters. The Morgan fingerprint density at radius 2 is 1.81 bits per heavy atom. The Balaban J connectivity index is 1.73. The second-order valence-electron chi connectivity index (χ2n) is 8.04. The van der Waals surface area contributed by atoms with Crippen molar-refractivity contribution in [1.29, 1.82) is 0 Å². The zero-order chi connectivity index (χ0) is 23.1. The smallest absolute Gasteiger partial charge is 0.261 e. The van der Waals surface area contributed by atoms with Crippen LogP contribution in [0.2, 0.25) is 15.1 Å². The summed E-state index contributed by atoms with van der Waals surface area (Å²) in [5.74, 6) is -0.00458. The Labute approximate surface area is 204 Å². The van der Waals surface area contributed by atoms with Crippen molar-refractivity contribution < 1.29 is 14.3 Å². The summed E-state index contributed by atoms with van der Waals surface area (Å²) in [6.07, 6.45) is 5.36. The number of carbonyl (C=O) groups excluding carboxylic acids is 2. The van der Waals surface area contributed by atoms with Gasteiger partial charge in [-0.3, -0.25) is 9.59 Å². The Bertz CT molecular complexity index is 948. The molecule has 3 rings (SSSR count). The fourth-order valence-corrected chi connectivity index (χ4v) is 4.27. The first-order valence-electron chi connectivity index (χ1n) is 10.8. The Morgan fingerprint density at radius 3 is 2.50 bits per heavy atom. The fourth-order valence-electron chi connectivity index (χ4n) is 3.77. The Morgan fingerprint density at radius 1 is 1.06 bits per heavy atom. The van der Waals surface area contributed by atoms with Crippen molar-refractivity contribution in [2.75, 3.05) is 6.61 Å². The highest BCUT2D eigenvalue weighted by molar-refractivity contribution is 6.42. The van der Waals surface area contributed by atoms with Crippen LogP contribution in [-0.2, 0) is 16.1 Å². The molecular formula is C24H27Cl3N2O3. The zero-order valence-corrected chi connectivity index (χ0v) is 20.2. The molecule has 0 spiro atoms. The van der Waals surface area contributed by atoms with Crippen molar-refractivity contribution in [3.63, 3.8) is 0 Å². The van der Waals surface area contributed by atoms with Crippen LogP contribution in [0.4, 0.5) is 0 Å². The molecule has 0 saturated heterocycles. The lowest BCUT2D eigenvalue weighted by Gasteiger charge is -2.31. The first kappa shape index (κ1) is 24.7. The number of hydrogen-bond acceptors (Lipinski definition) is 3. The molecule has 32 heavy (non-hydrogen) atoms. The van der Waals surface area contributed by atoms with E-state index in [2.05, 4.69) is 5.32 Å². The number of hydrogen-bond donors (Lipinski definition) is 1. The van der Waals surface area contributed by atoms with Gasteiger partial charge in [0.15, 0.2) is 6.61 Å². The molecule has 2 aromatic rings. The van der Waals surface area contributed by atoms with E-state index in [0.29, 0.717) is 20.8 Å². The van der Waals surface area contributed by atoms with Gasteiger partial charge in [-0.15, -0.1) is 0 Å². The Kier molecular flexibility index (Phi) is 9.09. The highest BCUT2D eigenvalue weighted by atomic mass is 35.5. The van der Waals surface area contributed by atoms with E-state index in [-0.39, 0.29) is 31.0 Å². The maximum atomic E-state index is 13.1. The lowest BCUT2D eigenvalue weighted by atomic mass is 9.95. The van der Waals surface area contributed by atoms with Crippen molar-refractivity contribution >= 4 is 46.6 Å². The second kappa shape index (κ2) is 11.8. The third-order valence-electron chi connectivity index (χ3n) is 5.61. The lowest BCUT2D eigenvalue weighted by molar-refractivity contribution is -0.142. The molecular weight excluding hydrogens is 471 g/mol. The van der Waals surface area contributed by atoms with Crippen LogP contribution in [0, 0.1) is 0 Å². The first-order chi connectivity index (χ1) is 15.3. The number of carbonyl (C=O) groups is 2. The first-order valence-corrected chi connectivity index (χ1v) is 11.9. The summed E-state index contributed by atoms with van der Waals surface area (Å²) >= 11 is 18.2. The van der Waals surface area contributed by atoms with Crippen molar-refractivity contribution in [2.24, 2.45) is 0 Å². The molecule has 8 heteroatoms. The molecule has 5 nitrogen and oxygen atoms in total. The molecule has 2 amide bonds. The largest absolute Gasteiger partial charge is 0.484 e. The van der Waals surface area contributed by atoms with E-state index >= 15 is 0 Å². The lowest BCUT2D eigenvalue weighted by Crippen LogP contribution is -2.51. The van der Waals surface area contributed by atoms with Crippen LogP contribution in [0.3, 0.4) is 0 Å². The van der Waals surface area contributed by atoms with Crippen LogP contribution in [0.5, 0.6) is 5.75 Å². The van der Waals surface area contributed by atoms with Gasteiger partial charge >= 0.3 is 0 Å². The van der Waals surface area contributed by atoms with E-state index in [4.69, 9.17) is 39.5 Å². The van der Waals surface area contributed by atoms with Gasteiger partial charge < -0.3 is 15.0 Å². The monoisotopic (exact) mass is 496 g/mol. The predicted octanol–water partition coefficient (Wildman–Crippen LogP) is 5.89. The molecule has 1 aliphatic carbocycles. The van der Waals surface area contributed by atoms with Gasteiger partial charge in [-0.25, -0.2) is 0 Å². The average Bonchev–Trinajstić information content (AvgIpc) is 2.78. The number of rotatable bonds is 8. The van der Waals surface area contributed by atoms with Crippen molar-refractivity contribution in [3.8, 4) is 5.75 Å². The third-order valence-corrected chi connectivity index (χ3v) is 6.59. The molecule has 1 aliphatic rings. The minimum atomic E-state index is -0.679. The van der Waals surface area contributed by atoms with E-state index < -0.39 is 6.04 Å². The van der Waals surface area contributed by atoms with Gasteiger partial charge in [0.2, 0.25) is 5.91 Å². The van der Waals surface area contributed by atoms with Gasteiger partial charge in [-0.1, -0.05) is 66.2 Å². The minimum absolute atomic E-state index is 0.156. The summed E-state index contributed by atoms with van der Waals surface area (Å²) in [5, 5.41) is 4.45. The quantitative estimate of drug-likeness (QED) is 0.494. The number of halogens is 3. The average molecular weight is 498 g/mol. The zero-order valence-electron chi connectivity index (χ0n) is 18.0. The van der Waals surface area contributed by atoms with Gasteiger partial charge in [0.25, 0.3) is 5.91 Å². The van der Waals surface area contributed by atoms with E-state index in [0.717, 1.165) is 31.2 Å². The third kappa shape index (κ3) is 7.03. The van der Waals surface area contributed by atoms with Crippen LogP contribution in [-0.4, -0.2) is 35.4 Å². The number of benzene rings is 2. The molecule has 1 atom stereocenters. The van der Waals surface area contributed by atoms with Crippen LogP contribution in [0.1, 0.15) is 44.6 Å². The molecule has 1 N–H and O–H groups in total. The number of nitrogens with one attached hydrogen (secondary N) is 1. The van der Waals surface area contributed by atoms with Crippen molar-refractivity contribution in [2.45, 2.75) is 57.7 Å². The summed E-state index contributed by atoms with van der Waals surface area (Å²) in [6.45, 7) is 1.71. The highest BCUT2D eigenvalue weighted by Crippen LogP contribution is 2.24. The standard InChI is InChI=1S/C24H27Cl3N2O3/c1-16(24(31)28-19-7-3-2-4-8-19)29(14-17-10-11-21(26)22(27)12-17)23(30)15-32-20-9-5-6-18(25)13-20/h5-6,9-13,16,19H,2-4,7-8,14-15H2,1H3,(H,28,31)/t16-/m0/s1. The normalized spacial score (nSPS) is 15.1. The van der Waals surface area contributed by atoms with Gasteiger partial charge in [-0.2, -0.15) is 0 Å².